The predicted molar refractivity (Wildman–Crippen MR) is 245 cm³/mol. The van der Waals surface area contributed by atoms with E-state index in [1.54, 1.807) is 21.3 Å². The fraction of sp³-hybridized carbons (Fsp3) is 0.551. The van der Waals surface area contributed by atoms with Crippen LogP contribution in [-0.4, -0.2) is 131 Å². The van der Waals surface area contributed by atoms with Crippen LogP contribution < -0.4 is 0 Å². The van der Waals surface area contributed by atoms with E-state index in [-0.39, 0.29) is 46.8 Å². The van der Waals surface area contributed by atoms with E-state index in [1.807, 2.05) is 91.0 Å². The maximum absolute atomic E-state index is 7.28. The molecule has 14 heteroatoms. The van der Waals surface area contributed by atoms with E-state index in [0.29, 0.717) is 6.61 Å². The van der Waals surface area contributed by atoms with E-state index in [2.05, 4.69) is 59.0 Å². The first-order valence-corrected chi connectivity index (χ1v) is 32.5. The van der Waals surface area contributed by atoms with E-state index in [1.165, 1.54) is 0 Å². The molecule has 0 bridgehead atoms. The summed E-state index contributed by atoms with van der Waals surface area (Å²) in [6, 6.07) is 30.1. The van der Waals surface area contributed by atoms with Gasteiger partial charge in [-0.15, -0.1) is 5.54 Å². The quantitative estimate of drug-likeness (QED) is 0.0439. The Morgan fingerprint density at radius 3 is 1.60 bits per heavy atom. The van der Waals surface area contributed by atoms with Crippen molar-refractivity contribution in [3.63, 3.8) is 0 Å². The number of hydrogen-bond acceptors (Lipinski definition) is 12. The van der Waals surface area contributed by atoms with E-state index in [0.717, 1.165) is 16.7 Å². The van der Waals surface area contributed by atoms with Gasteiger partial charge in [-0.05, 0) is 11.1 Å². The monoisotopic (exact) mass is 950 g/mol. The SMILES string of the molecule is COCOC[C@H]1O[C@@H](O[C@H]2[C@H](OCc3ccccc3)[C@@H](OCc3ccccc3)[C@H](C#C[Si](C)(C)C)O[C@@H]2COCc2ccccc2)[C@H](OCOC)[C@@H](OCOC)[C@@H]1C#[C][Ge]([CH3])([CH3])[CH3]. The average molecular weight is 950 g/mol. The van der Waals surface area contributed by atoms with E-state index >= 15 is 0 Å². The van der Waals surface area contributed by atoms with Gasteiger partial charge in [-0.25, -0.2) is 0 Å². The molecule has 0 saturated carbocycles. The molecule has 3 aromatic rings. The Morgan fingerprint density at radius 2 is 1.06 bits per heavy atom. The molecule has 2 fully saturated rings. The van der Waals surface area contributed by atoms with Crippen LogP contribution in [0.3, 0.4) is 0 Å². The second-order valence-corrected chi connectivity index (χ2v) is 32.4. The van der Waals surface area contributed by atoms with Crippen LogP contribution in [0.4, 0.5) is 0 Å². The molecule has 3 aromatic carbocycles. The fourth-order valence-electron chi connectivity index (χ4n) is 7.09. The Labute approximate surface area is 379 Å². The third-order valence-electron chi connectivity index (χ3n) is 9.99. The molecule has 5 rings (SSSR count). The first-order chi connectivity index (χ1) is 30.4. The zero-order chi connectivity index (χ0) is 45.1. The van der Waals surface area contributed by atoms with Crippen molar-refractivity contribution in [2.45, 2.75) is 112 Å². The summed E-state index contributed by atoms with van der Waals surface area (Å²) in [6.07, 6.45) is -6.89. The summed E-state index contributed by atoms with van der Waals surface area (Å²) in [5.74, 6) is 13.3. The molecule has 0 aliphatic carbocycles. The molecule has 0 unspecified atom stereocenters. The van der Waals surface area contributed by atoms with Crippen LogP contribution >= 0.6 is 0 Å². The second kappa shape index (κ2) is 26.3. The van der Waals surface area contributed by atoms with Crippen molar-refractivity contribution in [2.24, 2.45) is 5.92 Å². The topological polar surface area (TPSA) is 111 Å². The zero-order valence-corrected chi connectivity index (χ0v) is 41.6. The van der Waals surface area contributed by atoms with Gasteiger partial charge in [-0.1, -0.05) is 111 Å². The molecular formula is C49H68GeO12Si. The first kappa shape index (κ1) is 51.1. The number of rotatable bonds is 22. The Hall–Kier alpha value is -2.94. The van der Waals surface area contributed by atoms with Gasteiger partial charge in [0.2, 0.25) is 0 Å². The molecule has 2 heterocycles. The molecule has 344 valence electrons. The molecule has 12 nitrogen and oxygen atoms in total. The standard InChI is InChI=1S/C49H68GeO12Si/c1-50(2,3)27-25-40-42(32-55-34-51-4)61-49(48(59-36-53-6)44(40)58-35-52-5)62-46-43(33-54-29-37-19-13-10-14-20-37)60-41(26-28-63(7,8)9)45(56-30-38-21-15-11-16-22-38)47(46)57-31-39-23-17-12-18-24-39/h10-24,40-49H,29-36H2,1-9H3/t40-,41+,42-,43-,44+,45+,46-,47-,48-,49+/m1/s1. The Balaban J connectivity index is 1.62. The average Bonchev–Trinajstić information content (AvgIpc) is 3.26. The molecule has 0 spiro atoms. The van der Waals surface area contributed by atoms with Crippen molar-refractivity contribution >= 4 is 21.3 Å². The third-order valence-corrected chi connectivity index (χ3v) is 12.8. The van der Waals surface area contributed by atoms with Crippen LogP contribution in [0.2, 0.25) is 36.9 Å². The van der Waals surface area contributed by atoms with Crippen LogP contribution in [0.15, 0.2) is 91.0 Å². The number of methoxy groups -OCH3 is 3. The number of ether oxygens (including phenoxy) is 12. The molecule has 10 atom stereocenters. The van der Waals surface area contributed by atoms with Crippen molar-refractivity contribution in [3.8, 4) is 22.1 Å². The first-order valence-electron chi connectivity index (χ1n) is 21.6. The minimum atomic E-state index is -2.40. The van der Waals surface area contributed by atoms with Gasteiger partial charge in [0.1, 0.15) is 8.07 Å². The zero-order valence-electron chi connectivity index (χ0n) is 38.5. The third kappa shape index (κ3) is 17.1. The summed E-state index contributed by atoms with van der Waals surface area (Å²) in [5, 5.41) is 0. The van der Waals surface area contributed by atoms with Crippen molar-refractivity contribution in [1.29, 1.82) is 0 Å². The van der Waals surface area contributed by atoms with Gasteiger partial charge in [-0.2, -0.15) is 0 Å². The number of hydrogen-bond donors (Lipinski definition) is 0. The van der Waals surface area contributed by atoms with Crippen LogP contribution in [0.1, 0.15) is 16.7 Å². The molecule has 2 saturated heterocycles. The molecule has 0 N–H and O–H groups in total. The second-order valence-electron chi connectivity index (χ2n) is 17.7. The summed E-state index contributed by atoms with van der Waals surface area (Å²) < 4.78 is 80.4. The molecule has 0 amide bonds. The van der Waals surface area contributed by atoms with Crippen LogP contribution in [0.25, 0.3) is 0 Å². The van der Waals surface area contributed by atoms with Crippen molar-refractivity contribution in [3.05, 3.63) is 108 Å². The molecular weight excluding hydrogens is 881 g/mol. The predicted octanol–water partition coefficient (Wildman–Crippen LogP) is 7.23. The summed E-state index contributed by atoms with van der Waals surface area (Å²) in [4.78, 5) is 0. The van der Waals surface area contributed by atoms with Crippen molar-refractivity contribution in [1.82, 2.24) is 0 Å². The minimum absolute atomic E-state index is 0.0247. The molecule has 0 aromatic heterocycles. The van der Waals surface area contributed by atoms with Crippen LogP contribution in [0, 0.1) is 28.1 Å². The summed E-state index contributed by atoms with van der Waals surface area (Å²) in [5.41, 5.74) is 6.55. The Kier molecular flexibility index (Phi) is 21.3. The number of benzene rings is 3. The van der Waals surface area contributed by atoms with E-state index in [4.69, 9.17) is 56.8 Å². The summed E-state index contributed by atoms with van der Waals surface area (Å²) >= 11 is -2.40. The Morgan fingerprint density at radius 1 is 0.540 bits per heavy atom. The molecule has 2 aliphatic heterocycles. The van der Waals surface area contributed by atoms with E-state index < -0.39 is 82.4 Å². The van der Waals surface area contributed by atoms with Gasteiger partial charge in [0.25, 0.3) is 0 Å². The van der Waals surface area contributed by atoms with Crippen LogP contribution in [-0.2, 0) is 76.7 Å². The fourth-order valence-corrected chi connectivity index (χ4v) is 8.92. The van der Waals surface area contributed by atoms with Gasteiger partial charge in [0.05, 0.1) is 0 Å². The molecule has 63 heavy (non-hydrogen) atoms. The summed E-state index contributed by atoms with van der Waals surface area (Å²) in [6.45, 7) is 7.77. The van der Waals surface area contributed by atoms with Gasteiger partial charge in [0, 0.05) is 0 Å². The summed E-state index contributed by atoms with van der Waals surface area (Å²) in [7, 11) is 2.84. The molecule has 0 radical (unpaired) electrons. The Bertz CT molecular complexity index is 1860. The van der Waals surface area contributed by atoms with Crippen molar-refractivity contribution in [2.75, 3.05) is 54.9 Å². The van der Waals surface area contributed by atoms with Gasteiger partial charge >= 0.3 is 245 Å². The van der Waals surface area contributed by atoms with Gasteiger partial charge < -0.3 is 0 Å². The van der Waals surface area contributed by atoms with Crippen molar-refractivity contribution < 1.29 is 56.8 Å². The van der Waals surface area contributed by atoms with Gasteiger partial charge in [-0.3, -0.25) is 0 Å². The van der Waals surface area contributed by atoms with Gasteiger partial charge in [0.15, 0.2) is 0 Å². The maximum atomic E-state index is 7.28. The molecule has 2 aliphatic rings. The normalized spacial score (nSPS) is 26.3. The van der Waals surface area contributed by atoms with Crippen LogP contribution in [0.5, 0.6) is 0 Å². The van der Waals surface area contributed by atoms with E-state index in [9.17, 15) is 0 Å².